The third-order valence-electron chi connectivity index (χ3n) is 5.57. The quantitative estimate of drug-likeness (QED) is 0.648. The number of rotatable bonds is 4. The Kier molecular flexibility index (Phi) is 4.22. The zero-order valence-corrected chi connectivity index (χ0v) is 15.6. The summed E-state index contributed by atoms with van der Waals surface area (Å²) >= 11 is 0. The van der Waals surface area contributed by atoms with Gasteiger partial charge in [-0.2, -0.15) is 5.26 Å². The number of fused-ring (bicyclic) bond motifs is 1. The molecule has 0 radical (unpaired) electrons. The molecule has 1 unspecified atom stereocenters. The highest BCUT2D eigenvalue weighted by Crippen LogP contribution is 2.32. The molecule has 0 bridgehead atoms. The Hall–Kier alpha value is -2.41. The van der Waals surface area contributed by atoms with Crippen LogP contribution in [0.5, 0.6) is 0 Å². The van der Waals surface area contributed by atoms with Crippen LogP contribution in [-0.4, -0.2) is 51.9 Å². The smallest absolute Gasteiger partial charge is 0.331 e. The Morgan fingerprint density at radius 3 is 2.56 bits per heavy atom. The van der Waals surface area contributed by atoms with Crippen LogP contribution >= 0.6 is 0 Å². The molecule has 4 rings (SSSR count). The van der Waals surface area contributed by atoms with Crippen LogP contribution in [0.3, 0.4) is 0 Å². The maximum absolute atomic E-state index is 12.9. The van der Waals surface area contributed by atoms with Crippen LogP contribution in [0.25, 0.3) is 0 Å². The van der Waals surface area contributed by atoms with E-state index < -0.39 is 39.6 Å². The predicted octanol–water partition coefficient (Wildman–Crippen LogP) is -0.994. The van der Waals surface area contributed by atoms with Crippen LogP contribution in [0.1, 0.15) is 36.9 Å². The first kappa shape index (κ1) is 18.0. The van der Waals surface area contributed by atoms with E-state index in [4.69, 9.17) is 0 Å². The van der Waals surface area contributed by atoms with E-state index in [1.54, 1.807) is 4.90 Å². The molecular weight excluding hydrogens is 372 g/mol. The van der Waals surface area contributed by atoms with Gasteiger partial charge in [0.2, 0.25) is 5.91 Å². The normalized spacial score (nSPS) is 23.0. The summed E-state index contributed by atoms with van der Waals surface area (Å²) in [6.45, 7) is -0.0375. The van der Waals surface area contributed by atoms with Crippen molar-refractivity contribution in [2.45, 2.75) is 57.3 Å². The summed E-state index contributed by atoms with van der Waals surface area (Å²) in [5.74, 6) is -0.452. The minimum Gasteiger partial charge on any atom is -0.334 e. The molecule has 3 heterocycles. The lowest BCUT2D eigenvalue weighted by atomic mass is 10.2. The number of nitriles is 1. The van der Waals surface area contributed by atoms with Gasteiger partial charge in [0.05, 0.1) is 11.5 Å². The second kappa shape index (κ2) is 6.34. The van der Waals surface area contributed by atoms with Gasteiger partial charge in [0, 0.05) is 24.3 Å². The Morgan fingerprint density at radius 2 is 1.96 bits per heavy atom. The molecule has 1 saturated carbocycles. The molecule has 1 atom stereocenters. The second-order valence-electron chi connectivity index (χ2n) is 7.45. The van der Waals surface area contributed by atoms with Crippen molar-refractivity contribution in [2.75, 3.05) is 11.5 Å². The van der Waals surface area contributed by atoms with Crippen molar-refractivity contribution < 1.29 is 13.2 Å². The zero-order valence-electron chi connectivity index (χ0n) is 14.8. The van der Waals surface area contributed by atoms with Crippen molar-refractivity contribution in [3.63, 3.8) is 0 Å². The molecule has 2 aliphatic heterocycles. The first-order chi connectivity index (χ1) is 12.8. The Bertz CT molecular complexity index is 1070. The zero-order chi connectivity index (χ0) is 19.3. The lowest BCUT2D eigenvalue weighted by molar-refractivity contribution is -0.134. The summed E-state index contributed by atoms with van der Waals surface area (Å²) in [5.41, 5.74) is -0.952. The van der Waals surface area contributed by atoms with Gasteiger partial charge in [0.25, 0.3) is 5.56 Å². The SMILES string of the molecule is N#Cc1c2n(c(=O)n(CC(=O)N(C3CC3)C3CCS(=O)(=O)C3)c1=O)CCC2. The summed E-state index contributed by atoms with van der Waals surface area (Å²) in [6, 6.07) is 1.44. The third-order valence-corrected chi connectivity index (χ3v) is 7.32. The lowest BCUT2D eigenvalue weighted by Crippen LogP contribution is -2.49. The average molecular weight is 392 g/mol. The van der Waals surface area contributed by atoms with Gasteiger partial charge >= 0.3 is 5.69 Å². The van der Waals surface area contributed by atoms with Gasteiger partial charge in [-0.15, -0.1) is 0 Å². The summed E-state index contributed by atoms with van der Waals surface area (Å²) in [7, 11) is -3.16. The molecule has 1 amide bonds. The number of carbonyl (C=O) groups is 1. The molecule has 1 saturated heterocycles. The van der Waals surface area contributed by atoms with Crippen LogP contribution in [-0.2, 0) is 34.1 Å². The maximum Gasteiger partial charge on any atom is 0.331 e. The molecular formula is C17H20N4O5S. The van der Waals surface area contributed by atoms with Crippen molar-refractivity contribution >= 4 is 15.7 Å². The van der Waals surface area contributed by atoms with E-state index in [0.29, 0.717) is 31.5 Å². The van der Waals surface area contributed by atoms with Crippen LogP contribution in [0.15, 0.2) is 9.59 Å². The van der Waals surface area contributed by atoms with Crippen LogP contribution in [0.4, 0.5) is 0 Å². The average Bonchev–Trinajstić information content (AvgIpc) is 3.20. The molecule has 0 aromatic carbocycles. The molecule has 144 valence electrons. The van der Waals surface area contributed by atoms with E-state index >= 15 is 0 Å². The summed E-state index contributed by atoms with van der Waals surface area (Å²) in [6.07, 6.45) is 3.14. The molecule has 2 fully saturated rings. The fourth-order valence-electron chi connectivity index (χ4n) is 4.16. The lowest BCUT2D eigenvalue weighted by Gasteiger charge is -2.28. The van der Waals surface area contributed by atoms with Gasteiger partial charge in [-0.05, 0) is 32.1 Å². The van der Waals surface area contributed by atoms with Gasteiger partial charge in [-0.25, -0.2) is 17.8 Å². The number of hydrogen-bond acceptors (Lipinski definition) is 6. The fourth-order valence-corrected chi connectivity index (χ4v) is 5.87. The first-order valence-electron chi connectivity index (χ1n) is 9.10. The van der Waals surface area contributed by atoms with Crippen molar-refractivity contribution in [2.24, 2.45) is 0 Å². The van der Waals surface area contributed by atoms with Crippen molar-refractivity contribution in [3.8, 4) is 6.07 Å². The number of aromatic nitrogens is 2. The molecule has 0 spiro atoms. The standard InChI is InChI=1S/C17H20N4O5S/c18-8-13-14-2-1-6-19(14)17(24)20(16(13)23)9-15(22)21(11-3-4-11)12-5-7-27(25,26)10-12/h11-12H,1-7,9-10H2. The van der Waals surface area contributed by atoms with Crippen molar-refractivity contribution in [1.82, 2.24) is 14.0 Å². The van der Waals surface area contributed by atoms with Gasteiger partial charge < -0.3 is 4.90 Å². The van der Waals surface area contributed by atoms with Gasteiger partial charge in [-0.3, -0.25) is 14.2 Å². The second-order valence-corrected chi connectivity index (χ2v) is 9.68. The van der Waals surface area contributed by atoms with E-state index in [0.717, 1.165) is 17.4 Å². The number of hydrogen-bond donors (Lipinski definition) is 0. The number of nitrogens with zero attached hydrogens (tertiary/aromatic N) is 4. The maximum atomic E-state index is 12.9. The summed E-state index contributed by atoms with van der Waals surface area (Å²) in [5, 5.41) is 9.33. The Balaban J connectivity index is 1.68. The Labute approximate surface area is 155 Å². The highest BCUT2D eigenvalue weighted by molar-refractivity contribution is 7.91. The fraction of sp³-hybridized carbons (Fsp3) is 0.647. The molecule has 1 aromatic heterocycles. The molecule has 27 heavy (non-hydrogen) atoms. The van der Waals surface area contributed by atoms with Crippen molar-refractivity contribution in [3.05, 3.63) is 32.1 Å². The molecule has 1 aromatic rings. The molecule has 1 aliphatic carbocycles. The minimum atomic E-state index is -3.16. The van der Waals surface area contributed by atoms with Crippen LogP contribution < -0.4 is 11.2 Å². The number of sulfone groups is 1. The largest absolute Gasteiger partial charge is 0.334 e. The molecule has 9 nitrogen and oxygen atoms in total. The van der Waals surface area contributed by atoms with Gasteiger partial charge in [0.1, 0.15) is 18.2 Å². The number of amides is 1. The van der Waals surface area contributed by atoms with Crippen molar-refractivity contribution in [1.29, 1.82) is 5.26 Å². The van der Waals surface area contributed by atoms with Gasteiger partial charge in [-0.1, -0.05) is 0 Å². The summed E-state index contributed by atoms with van der Waals surface area (Å²) < 4.78 is 25.8. The highest BCUT2D eigenvalue weighted by atomic mass is 32.2. The van der Waals surface area contributed by atoms with E-state index in [2.05, 4.69) is 0 Å². The monoisotopic (exact) mass is 392 g/mol. The van der Waals surface area contributed by atoms with Gasteiger partial charge in [0.15, 0.2) is 9.84 Å². The predicted molar refractivity (Wildman–Crippen MR) is 94.9 cm³/mol. The molecule has 3 aliphatic rings. The number of carbonyl (C=O) groups excluding carboxylic acids is 1. The highest BCUT2D eigenvalue weighted by Gasteiger charge is 2.42. The van der Waals surface area contributed by atoms with Crippen LogP contribution in [0, 0.1) is 11.3 Å². The third kappa shape index (κ3) is 3.10. The van der Waals surface area contributed by atoms with E-state index in [1.165, 1.54) is 4.57 Å². The molecule has 10 heteroatoms. The van der Waals surface area contributed by atoms with E-state index in [9.17, 15) is 28.1 Å². The summed E-state index contributed by atoms with van der Waals surface area (Å²) in [4.78, 5) is 39.8. The minimum absolute atomic E-state index is 0.0286. The van der Waals surface area contributed by atoms with E-state index in [-0.39, 0.29) is 23.1 Å². The van der Waals surface area contributed by atoms with Crippen LogP contribution in [0.2, 0.25) is 0 Å². The van der Waals surface area contributed by atoms with E-state index in [1.807, 2.05) is 6.07 Å². The topological polar surface area (TPSA) is 122 Å². The Morgan fingerprint density at radius 1 is 1.22 bits per heavy atom. The molecule has 0 N–H and O–H groups in total. The first-order valence-corrected chi connectivity index (χ1v) is 10.9.